The molecule has 9 heavy (non-hydrogen) atoms. The van der Waals surface area contributed by atoms with E-state index in [-0.39, 0.29) is 0 Å². The largest absolute Gasteiger partial charge is 0.398 e. The lowest BCUT2D eigenvalue weighted by Crippen LogP contribution is -1.76. The fourth-order valence-electron chi connectivity index (χ4n) is 0.781. The van der Waals surface area contributed by atoms with Crippen molar-refractivity contribution in [1.82, 2.24) is 0 Å². The Labute approximate surface area is 60.7 Å². The lowest BCUT2D eigenvalue weighted by molar-refractivity contribution is 1.95. The summed E-state index contributed by atoms with van der Waals surface area (Å²) in [6, 6.07) is 2.06. The molecule has 0 bridgehead atoms. The maximum absolute atomic E-state index is 5.64. The molecule has 0 saturated carbocycles. The van der Waals surface area contributed by atoms with Gasteiger partial charge in [-0.3, -0.25) is 0 Å². The average molecular weight is 155 g/mol. The highest BCUT2D eigenvalue weighted by Gasteiger charge is 1.98. The van der Waals surface area contributed by atoms with Crippen LogP contribution >= 0.6 is 22.7 Å². The van der Waals surface area contributed by atoms with E-state index in [0.717, 1.165) is 5.69 Å². The zero-order valence-electron chi connectivity index (χ0n) is 4.63. The Morgan fingerprint density at radius 3 is 3.00 bits per heavy atom. The second-order valence-electron chi connectivity index (χ2n) is 1.81. The molecule has 0 aliphatic rings. The molecule has 0 saturated heterocycles. The number of nitrogen functional groups attached to an aromatic ring is 1. The second kappa shape index (κ2) is 1.72. The van der Waals surface area contributed by atoms with Gasteiger partial charge in [0, 0.05) is 10.8 Å². The van der Waals surface area contributed by atoms with E-state index in [1.165, 1.54) is 9.40 Å². The standard InChI is InChI=1S/C6H5NS2/c7-5-3-9-6-4(5)1-2-8-6/h1-3H,7H2. The molecule has 3 heteroatoms. The monoisotopic (exact) mass is 155 g/mol. The zero-order chi connectivity index (χ0) is 6.27. The topological polar surface area (TPSA) is 26.0 Å². The first-order chi connectivity index (χ1) is 4.38. The van der Waals surface area contributed by atoms with Crippen LogP contribution < -0.4 is 5.73 Å². The molecule has 46 valence electrons. The van der Waals surface area contributed by atoms with E-state index in [2.05, 4.69) is 11.4 Å². The van der Waals surface area contributed by atoms with Crippen molar-refractivity contribution in [3.05, 3.63) is 16.8 Å². The summed E-state index contributed by atoms with van der Waals surface area (Å²) in [6.07, 6.45) is 0. The Balaban J connectivity index is 2.99. The molecule has 0 radical (unpaired) electrons. The molecule has 2 heterocycles. The van der Waals surface area contributed by atoms with Gasteiger partial charge in [-0.05, 0) is 11.4 Å². The third kappa shape index (κ3) is 0.653. The summed E-state index contributed by atoms with van der Waals surface area (Å²) in [5.41, 5.74) is 6.55. The number of fused-ring (bicyclic) bond motifs is 1. The van der Waals surface area contributed by atoms with Gasteiger partial charge in [-0.25, -0.2) is 0 Å². The third-order valence-corrected chi connectivity index (χ3v) is 3.32. The van der Waals surface area contributed by atoms with Crippen LogP contribution in [0.1, 0.15) is 0 Å². The Kier molecular flexibility index (Phi) is 1.00. The SMILES string of the molecule is Nc1csc2sccc12. The molecule has 0 aliphatic carbocycles. The lowest BCUT2D eigenvalue weighted by Gasteiger charge is -1.77. The van der Waals surface area contributed by atoms with Crippen LogP contribution in [0.5, 0.6) is 0 Å². The summed E-state index contributed by atoms with van der Waals surface area (Å²) in [5, 5.41) is 5.27. The summed E-state index contributed by atoms with van der Waals surface area (Å²) in [4.78, 5) is 0. The lowest BCUT2D eigenvalue weighted by atomic mass is 10.4. The number of hydrogen-bond acceptors (Lipinski definition) is 3. The van der Waals surface area contributed by atoms with Crippen LogP contribution in [0, 0.1) is 0 Å². The van der Waals surface area contributed by atoms with Crippen molar-refractivity contribution in [2.24, 2.45) is 0 Å². The molecule has 0 amide bonds. The van der Waals surface area contributed by atoms with Crippen molar-refractivity contribution in [2.75, 3.05) is 5.73 Å². The van der Waals surface area contributed by atoms with Crippen LogP contribution in [0.15, 0.2) is 16.8 Å². The second-order valence-corrected chi connectivity index (χ2v) is 3.87. The maximum Gasteiger partial charge on any atom is 0.0886 e. The first-order valence-electron chi connectivity index (χ1n) is 2.58. The van der Waals surface area contributed by atoms with Gasteiger partial charge < -0.3 is 5.73 Å². The average Bonchev–Trinajstić information content (AvgIpc) is 2.35. The summed E-state index contributed by atoms with van der Waals surface area (Å²) in [5.74, 6) is 0. The minimum absolute atomic E-state index is 0.913. The van der Waals surface area contributed by atoms with E-state index in [1.54, 1.807) is 22.7 Å². The van der Waals surface area contributed by atoms with Crippen molar-refractivity contribution in [3.63, 3.8) is 0 Å². The number of nitrogens with two attached hydrogens (primary N) is 1. The predicted molar refractivity (Wildman–Crippen MR) is 44.1 cm³/mol. The van der Waals surface area contributed by atoms with Crippen molar-refractivity contribution in [2.45, 2.75) is 0 Å². The van der Waals surface area contributed by atoms with Crippen LogP contribution in [0.2, 0.25) is 0 Å². The molecule has 0 aromatic carbocycles. The predicted octanol–water partition coefficient (Wildman–Crippen LogP) is 2.54. The first-order valence-corrected chi connectivity index (χ1v) is 4.34. The number of hydrogen-bond donors (Lipinski definition) is 1. The molecular formula is C6H5NS2. The van der Waals surface area contributed by atoms with Gasteiger partial charge >= 0.3 is 0 Å². The van der Waals surface area contributed by atoms with Gasteiger partial charge in [0.05, 0.1) is 9.70 Å². The van der Waals surface area contributed by atoms with Crippen LogP contribution in [0.4, 0.5) is 5.69 Å². The van der Waals surface area contributed by atoms with Crippen LogP contribution in [0.25, 0.3) is 9.40 Å². The van der Waals surface area contributed by atoms with Crippen molar-refractivity contribution in [3.8, 4) is 0 Å². The summed E-state index contributed by atoms with van der Waals surface area (Å²) in [6.45, 7) is 0. The van der Waals surface area contributed by atoms with Gasteiger partial charge in [-0.2, -0.15) is 0 Å². The molecule has 1 nitrogen and oxygen atoms in total. The van der Waals surface area contributed by atoms with Gasteiger partial charge in [0.2, 0.25) is 0 Å². The van der Waals surface area contributed by atoms with E-state index in [1.807, 2.05) is 5.38 Å². The van der Waals surface area contributed by atoms with E-state index in [0.29, 0.717) is 0 Å². The van der Waals surface area contributed by atoms with Crippen LogP contribution in [-0.2, 0) is 0 Å². The molecule has 0 spiro atoms. The van der Waals surface area contributed by atoms with E-state index in [9.17, 15) is 0 Å². The minimum atomic E-state index is 0.913. The Bertz CT molecular complexity index is 320. The van der Waals surface area contributed by atoms with Gasteiger partial charge in [0.1, 0.15) is 0 Å². The smallest absolute Gasteiger partial charge is 0.0886 e. The molecule has 0 aliphatic heterocycles. The van der Waals surface area contributed by atoms with Gasteiger partial charge in [-0.15, -0.1) is 22.7 Å². The fourth-order valence-corrected chi connectivity index (χ4v) is 2.63. The highest BCUT2D eigenvalue weighted by molar-refractivity contribution is 7.37. The Morgan fingerprint density at radius 2 is 2.22 bits per heavy atom. The van der Waals surface area contributed by atoms with Crippen LogP contribution in [-0.4, -0.2) is 0 Å². The Morgan fingerprint density at radius 1 is 1.33 bits per heavy atom. The summed E-state index contributed by atoms with van der Waals surface area (Å²) in [7, 11) is 0. The maximum atomic E-state index is 5.64. The third-order valence-electron chi connectivity index (χ3n) is 1.23. The van der Waals surface area contributed by atoms with Gasteiger partial charge in [0.25, 0.3) is 0 Å². The van der Waals surface area contributed by atoms with Gasteiger partial charge in [-0.1, -0.05) is 0 Å². The highest BCUT2D eigenvalue weighted by Crippen LogP contribution is 2.31. The van der Waals surface area contributed by atoms with E-state index < -0.39 is 0 Å². The molecule has 0 unspecified atom stereocenters. The molecule has 2 rings (SSSR count). The molecule has 2 aromatic rings. The molecule has 2 aromatic heterocycles. The zero-order valence-corrected chi connectivity index (χ0v) is 6.26. The highest BCUT2D eigenvalue weighted by atomic mass is 32.2. The van der Waals surface area contributed by atoms with Crippen LogP contribution in [0.3, 0.4) is 0 Å². The van der Waals surface area contributed by atoms with E-state index >= 15 is 0 Å². The van der Waals surface area contributed by atoms with Crippen molar-refractivity contribution >= 4 is 37.8 Å². The summed E-state index contributed by atoms with van der Waals surface area (Å²) < 4.78 is 1.33. The fraction of sp³-hybridized carbons (Fsp3) is 0. The van der Waals surface area contributed by atoms with Crippen molar-refractivity contribution < 1.29 is 0 Å². The molecule has 0 atom stereocenters. The number of thiophene rings is 2. The van der Waals surface area contributed by atoms with Crippen molar-refractivity contribution in [1.29, 1.82) is 0 Å². The molecule has 0 fully saturated rings. The first kappa shape index (κ1) is 5.26. The molecule has 2 N–H and O–H groups in total. The normalized spacial score (nSPS) is 10.7. The Hall–Kier alpha value is -0.540. The molecular weight excluding hydrogens is 150 g/mol. The van der Waals surface area contributed by atoms with Gasteiger partial charge in [0.15, 0.2) is 0 Å². The summed E-state index contributed by atoms with van der Waals surface area (Å²) >= 11 is 3.46. The van der Waals surface area contributed by atoms with E-state index in [4.69, 9.17) is 5.73 Å². The number of rotatable bonds is 0. The number of anilines is 1. The quantitative estimate of drug-likeness (QED) is 0.621. The minimum Gasteiger partial charge on any atom is -0.398 e.